The van der Waals surface area contributed by atoms with Crippen molar-refractivity contribution >= 4 is 116 Å². The Bertz CT molecular complexity index is 2740. The third-order valence-corrected chi connectivity index (χ3v) is 10.7. The number of rotatable bonds is 34. The molecule has 2 amide bonds. The van der Waals surface area contributed by atoms with Gasteiger partial charge in [0.15, 0.2) is 12.2 Å². The van der Waals surface area contributed by atoms with Gasteiger partial charge in [-0.05, 0) is 6.42 Å². The van der Waals surface area contributed by atoms with Gasteiger partial charge in [-0.15, -0.1) is 0 Å². The normalized spacial score (nSPS) is 17.7. The van der Waals surface area contributed by atoms with Gasteiger partial charge in [0.25, 0.3) is 11.8 Å². The zero-order chi connectivity index (χ0) is 54.8. The molecule has 69 heavy (non-hydrogen) atoms. The number of nitrogens with one attached hydrogen (secondary N) is 2. The molecule has 0 aliphatic rings. The Labute approximate surface area is 387 Å². The van der Waals surface area contributed by atoms with E-state index < -0.39 is 197 Å². The Morgan fingerprint density at radius 3 is 0.739 bits per heavy atom. The second kappa shape index (κ2) is 25.0. The average Bonchev–Trinajstić information content (AvgIpc) is 3.05. The van der Waals surface area contributed by atoms with E-state index in [0.717, 1.165) is 0 Å². The number of hydrogen-bond acceptors (Lipinski definition) is 32. The smallest absolute Gasteiger partial charge is 0.354 e. The van der Waals surface area contributed by atoms with E-state index in [1.165, 1.54) is 10.6 Å². The van der Waals surface area contributed by atoms with Crippen molar-refractivity contribution in [3.05, 3.63) is 0 Å². The lowest BCUT2D eigenvalue weighted by Crippen LogP contribution is -2.57. The SMILES string of the molecule is O=C(NCCCNC(=O)[C@H](OS(=O)(=O)O)[C@@H](OS(=O)(=O)O)[C@H](OS(=O)(=O)O)[C@@H](COS(=O)(=O)O)OS(=O)(=O)O)[C@H](OS(=O)(=O)O)[C@@H](OS(=O)(=O)O)[C@H](OS(=O)(=O)O)[C@@H](COS(=O)(=O)O)OS(=O)(=O)O. The molecule has 12 N–H and O–H groups in total. The fourth-order valence-corrected chi connectivity index (χ4v) is 8.71. The van der Waals surface area contributed by atoms with E-state index in [1.54, 1.807) is 0 Å². The first kappa shape index (κ1) is 66.6. The van der Waals surface area contributed by atoms with Crippen molar-refractivity contribution in [1.82, 2.24) is 10.6 Å². The summed E-state index contributed by atoms with van der Waals surface area (Å²) >= 11 is 0. The second-order valence-corrected chi connectivity index (χ2v) is 21.9. The molecular weight excluding hydrogens is 1200 g/mol. The summed E-state index contributed by atoms with van der Waals surface area (Å²) in [5.74, 6) is -4.76. The van der Waals surface area contributed by atoms with Gasteiger partial charge in [-0.3, -0.25) is 55.1 Å². The van der Waals surface area contributed by atoms with Crippen LogP contribution in [0.15, 0.2) is 0 Å². The largest absolute Gasteiger partial charge is 0.398 e. The van der Waals surface area contributed by atoms with Crippen LogP contribution in [0, 0.1) is 0 Å². The third kappa shape index (κ3) is 33.1. The highest BCUT2D eigenvalue weighted by Gasteiger charge is 2.51. The van der Waals surface area contributed by atoms with Crippen LogP contribution in [0.1, 0.15) is 6.42 Å². The Hall–Kier alpha value is -2.36. The van der Waals surface area contributed by atoms with Crippen molar-refractivity contribution in [2.75, 3.05) is 26.3 Å². The van der Waals surface area contributed by atoms with Gasteiger partial charge in [0.1, 0.15) is 36.6 Å². The van der Waals surface area contributed by atoms with Crippen LogP contribution in [0.4, 0.5) is 0 Å². The fourth-order valence-electron chi connectivity index (χ4n) is 4.22. The highest BCUT2D eigenvalue weighted by molar-refractivity contribution is 7.83. The predicted octanol–water partition coefficient (Wildman–Crippen LogP) is -9.25. The summed E-state index contributed by atoms with van der Waals surface area (Å²) in [7, 11) is -62.3. The molecule has 0 fully saturated rings. The van der Waals surface area contributed by atoms with Gasteiger partial charge in [0.05, 0.1) is 13.2 Å². The molecule has 0 aromatic carbocycles. The van der Waals surface area contributed by atoms with Gasteiger partial charge in [-0.25, -0.2) is 41.8 Å². The fraction of sp³-hybridized carbons (Fsp3) is 0.867. The van der Waals surface area contributed by atoms with Crippen molar-refractivity contribution in [2.24, 2.45) is 0 Å². The minimum Gasteiger partial charge on any atom is -0.354 e. The molecule has 0 saturated carbocycles. The van der Waals surface area contributed by atoms with Crippen LogP contribution in [-0.4, -0.2) is 217 Å². The van der Waals surface area contributed by atoms with E-state index in [0.29, 0.717) is 0 Å². The summed E-state index contributed by atoms with van der Waals surface area (Å²) in [5.41, 5.74) is 0. The van der Waals surface area contributed by atoms with E-state index in [1.807, 2.05) is 0 Å². The molecule has 0 bridgehead atoms. The van der Waals surface area contributed by atoms with Gasteiger partial charge in [-0.1, -0.05) is 0 Å². The Morgan fingerprint density at radius 1 is 0.319 bits per heavy atom. The first-order valence-electron chi connectivity index (χ1n) is 15.3. The summed E-state index contributed by atoms with van der Waals surface area (Å²) in [6.45, 7) is -7.14. The Kier molecular flexibility index (Phi) is 24.2. The van der Waals surface area contributed by atoms with E-state index in [-0.39, 0.29) is 0 Å². The van der Waals surface area contributed by atoms with Crippen LogP contribution in [0.2, 0.25) is 0 Å². The van der Waals surface area contributed by atoms with E-state index >= 15 is 0 Å². The molecule has 54 heteroatoms. The average molecular weight is 1230 g/mol. The molecular formula is C15H30N2O42S10. The molecule has 44 nitrogen and oxygen atoms in total. The van der Waals surface area contributed by atoms with Gasteiger partial charge in [0, 0.05) is 13.1 Å². The molecule has 0 unspecified atom stereocenters. The van der Waals surface area contributed by atoms with Crippen molar-refractivity contribution in [3.63, 3.8) is 0 Å². The first-order chi connectivity index (χ1) is 30.3. The summed E-state index contributed by atoms with van der Waals surface area (Å²) in [4.78, 5) is 26.3. The maximum absolute atomic E-state index is 13.2. The highest BCUT2D eigenvalue weighted by atomic mass is 32.3. The first-order valence-corrected chi connectivity index (χ1v) is 28.9. The molecule has 0 spiro atoms. The summed E-state index contributed by atoms with van der Waals surface area (Å²) in [6, 6.07) is 0. The van der Waals surface area contributed by atoms with Crippen LogP contribution < -0.4 is 10.6 Å². The van der Waals surface area contributed by atoms with Gasteiger partial charge in [-0.2, -0.15) is 84.2 Å². The lowest BCUT2D eigenvalue weighted by atomic mass is 10.0. The van der Waals surface area contributed by atoms with Gasteiger partial charge >= 0.3 is 104 Å². The minimum atomic E-state index is -6.40. The second-order valence-electron chi connectivity index (χ2n) is 11.3. The van der Waals surface area contributed by atoms with Crippen LogP contribution >= 0.6 is 0 Å². The van der Waals surface area contributed by atoms with E-state index in [9.17, 15) is 121 Å². The number of amides is 2. The molecule has 412 valence electrons. The van der Waals surface area contributed by atoms with Crippen molar-refractivity contribution in [2.45, 2.75) is 55.3 Å². The van der Waals surface area contributed by atoms with Crippen LogP contribution in [0.25, 0.3) is 0 Å². The summed E-state index contributed by atoms with van der Waals surface area (Å²) < 4.78 is 360. The maximum atomic E-state index is 13.2. The number of carbonyl (C=O) groups is 2. The predicted molar refractivity (Wildman–Crippen MR) is 197 cm³/mol. The monoisotopic (exact) mass is 1230 g/mol. The molecule has 0 aromatic heterocycles. The number of carbonyl (C=O) groups excluding carboxylic acids is 2. The van der Waals surface area contributed by atoms with Crippen molar-refractivity contribution in [3.8, 4) is 0 Å². The topological polar surface area (TPSA) is 694 Å². The molecule has 0 aliphatic carbocycles. The van der Waals surface area contributed by atoms with Crippen molar-refractivity contribution in [1.29, 1.82) is 0 Å². The molecule has 0 radical (unpaired) electrons. The van der Waals surface area contributed by atoms with Crippen LogP contribution in [-0.2, 0) is 155 Å². The number of hydrogen-bond donors (Lipinski definition) is 12. The Balaban J connectivity index is 7.37. The summed E-state index contributed by atoms with van der Waals surface area (Å²) in [5, 5.41) is 2.89. The quantitative estimate of drug-likeness (QED) is 0.0210. The molecule has 0 saturated heterocycles. The Morgan fingerprint density at radius 2 is 0.536 bits per heavy atom. The van der Waals surface area contributed by atoms with E-state index in [4.69, 9.17) is 18.2 Å². The third-order valence-electron chi connectivity index (χ3n) is 6.08. The molecule has 0 aliphatic heterocycles. The highest BCUT2D eigenvalue weighted by Crippen LogP contribution is 2.26. The van der Waals surface area contributed by atoms with Crippen molar-refractivity contribution < 1.29 is 181 Å². The lowest BCUT2D eigenvalue weighted by molar-refractivity contribution is -0.139. The maximum Gasteiger partial charge on any atom is 0.398 e. The summed E-state index contributed by atoms with van der Waals surface area (Å²) in [6.07, 6.45) is -30.6. The minimum absolute atomic E-state index is 1.06. The molecule has 0 rings (SSSR count). The molecule has 8 atom stereocenters. The van der Waals surface area contributed by atoms with Crippen LogP contribution in [0.5, 0.6) is 0 Å². The zero-order valence-corrected chi connectivity index (χ0v) is 39.9. The molecule has 0 aromatic rings. The zero-order valence-electron chi connectivity index (χ0n) is 31.8. The lowest BCUT2D eigenvalue weighted by Gasteiger charge is -2.32. The van der Waals surface area contributed by atoms with Crippen LogP contribution in [0.3, 0.4) is 0 Å². The van der Waals surface area contributed by atoms with E-state index in [2.05, 4.69) is 41.8 Å². The van der Waals surface area contributed by atoms with Gasteiger partial charge in [0.2, 0.25) is 0 Å². The molecule has 0 heterocycles. The van der Waals surface area contributed by atoms with Gasteiger partial charge < -0.3 is 10.6 Å². The standard InChI is InChI=1S/C15H30N2O42S10/c18-14(12(58-68(44,45)46)10(56-66(38,39)40)8(54-64(32,33)34)6(52-62(26,27)28)4-50-60(20,21)22)16-2-1-3-17-15(19)13(59-69(47,48)49)11(57-67(41,42)43)9(55-65(35,36)37)7(53-63(29,30)31)5-51-61(23,24)25/h6-13H,1-5H2,(H,16,18)(H,17,19)(H,20,21,22)(H,23,24,25)(H,26,27,28)(H,29,30,31)(H,32,33,34)(H,35,36,37)(H,38,39,40)(H,41,42,43)(H,44,45,46)(H,47,48,49)/t6-,7-,8-,9-,10+,11+,12-,13-/m1/s1.